The average molecular weight is 451 g/mol. The molecular formula is C23H19BrN2O3. The molecule has 0 amide bonds. The topological polar surface area (TPSA) is 64.2 Å². The highest BCUT2D eigenvalue weighted by Gasteiger charge is 2.16. The molecule has 4 aromatic rings. The van der Waals surface area contributed by atoms with E-state index in [1.54, 1.807) is 25.4 Å². The number of aromatic amines is 1. The van der Waals surface area contributed by atoms with Crippen molar-refractivity contribution in [1.82, 2.24) is 9.97 Å². The van der Waals surface area contributed by atoms with Gasteiger partial charge in [0.2, 0.25) is 0 Å². The molecule has 2 aromatic carbocycles. The van der Waals surface area contributed by atoms with Gasteiger partial charge in [-0.05, 0) is 75.9 Å². The number of benzene rings is 2. The number of methoxy groups -OCH3 is 1. The maximum atomic E-state index is 12.4. The van der Waals surface area contributed by atoms with Crippen molar-refractivity contribution in [2.24, 2.45) is 0 Å². The van der Waals surface area contributed by atoms with E-state index in [4.69, 9.17) is 9.47 Å². The summed E-state index contributed by atoms with van der Waals surface area (Å²) in [6, 6.07) is 19.4. The van der Waals surface area contributed by atoms with Crippen LogP contribution in [0.3, 0.4) is 0 Å². The zero-order valence-electron chi connectivity index (χ0n) is 15.8. The summed E-state index contributed by atoms with van der Waals surface area (Å²) in [5.41, 5.74) is 4.18. The lowest BCUT2D eigenvalue weighted by molar-refractivity contribution is -0.134. The third-order valence-corrected chi connectivity index (χ3v) is 5.32. The van der Waals surface area contributed by atoms with Gasteiger partial charge in [0, 0.05) is 22.8 Å². The number of rotatable bonds is 6. The van der Waals surface area contributed by atoms with E-state index < -0.39 is 0 Å². The summed E-state index contributed by atoms with van der Waals surface area (Å²) >= 11 is 3.30. The summed E-state index contributed by atoms with van der Waals surface area (Å²) in [4.78, 5) is 20.0. The van der Waals surface area contributed by atoms with E-state index in [0.29, 0.717) is 16.8 Å². The Kier molecular flexibility index (Phi) is 5.62. The van der Waals surface area contributed by atoms with Crippen LogP contribution < -0.4 is 9.47 Å². The summed E-state index contributed by atoms with van der Waals surface area (Å²) in [6.45, 7) is 0. The number of nitrogens with one attached hydrogen (secondary N) is 1. The Morgan fingerprint density at radius 3 is 2.62 bits per heavy atom. The molecular weight excluding hydrogens is 432 g/mol. The van der Waals surface area contributed by atoms with Gasteiger partial charge in [0.05, 0.1) is 13.5 Å². The van der Waals surface area contributed by atoms with Gasteiger partial charge in [-0.15, -0.1) is 0 Å². The van der Waals surface area contributed by atoms with Gasteiger partial charge in [-0.1, -0.05) is 18.2 Å². The fourth-order valence-corrected chi connectivity index (χ4v) is 3.64. The Labute approximate surface area is 176 Å². The van der Waals surface area contributed by atoms with Gasteiger partial charge in [-0.2, -0.15) is 0 Å². The lowest BCUT2D eigenvalue weighted by atomic mass is 10.0. The maximum Gasteiger partial charge on any atom is 0.311 e. The standard InChI is InChI=1S/C23H19BrN2O3/c1-28-16-10-8-15(9-11-16)22-18(17-5-2-3-6-19(17)26-22)12-13-21(27)29-20-7-4-14-25-23(20)24/h2-11,14,26H,12-13H2,1H3. The van der Waals surface area contributed by atoms with E-state index in [1.807, 2.05) is 42.5 Å². The second-order valence-corrected chi connectivity index (χ2v) is 7.27. The van der Waals surface area contributed by atoms with Gasteiger partial charge in [0.1, 0.15) is 10.4 Å². The average Bonchev–Trinajstić information content (AvgIpc) is 3.12. The molecule has 0 aliphatic heterocycles. The molecule has 0 aliphatic carbocycles. The molecule has 1 N–H and O–H groups in total. The van der Waals surface area contributed by atoms with E-state index in [1.165, 1.54) is 0 Å². The van der Waals surface area contributed by atoms with Gasteiger partial charge in [-0.3, -0.25) is 4.79 Å². The third kappa shape index (κ3) is 4.17. The van der Waals surface area contributed by atoms with E-state index in [2.05, 4.69) is 32.0 Å². The van der Waals surface area contributed by atoms with Crippen LogP contribution in [-0.2, 0) is 11.2 Å². The van der Waals surface area contributed by atoms with Crippen molar-refractivity contribution >= 4 is 32.8 Å². The molecule has 0 radical (unpaired) electrons. The number of ether oxygens (including phenoxy) is 2. The van der Waals surface area contributed by atoms with Crippen LogP contribution in [-0.4, -0.2) is 23.0 Å². The predicted octanol–water partition coefficient (Wildman–Crippen LogP) is 5.54. The Balaban J connectivity index is 1.60. The second kappa shape index (κ2) is 8.49. The lowest BCUT2D eigenvalue weighted by Gasteiger charge is -2.08. The van der Waals surface area contributed by atoms with E-state index in [-0.39, 0.29) is 12.4 Å². The molecule has 5 nitrogen and oxygen atoms in total. The zero-order valence-corrected chi connectivity index (χ0v) is 17.4. The first-order valence-electron chi connectivity index (χ1n) is 9.21. The van der Waals surface area contributed by atoms with E-state index in [0.717, 1.165) is 33.5 Å². The molecule has 0 saturated heterocycles. The van der Waals surface area contributed by atoms with E-state index >= 15 is 0 Å². The highest BCUT2D eigenvalue weighted by molar-refractivity contribution is 9.10. The van der Waals surface area contributed by atoms with Gasteiger partial charge in [-0.25, -0.2) is 4.98 Å². The monoisotopic (exact) mass is 450 g/mol. The zero-order chi connectivity index (χ0) is 20.2. The van der Waals surface area contributed by atoms with Crippen molar-refractivity contribution < 1.29 is 14.3 Å². The summed E-state index contributed by atoms with van der Waals surface area (Å²) < 4.78 is 11.2. The van der Waals surface area contributed by atoms with Crippen molar-refractivity contribution in [2.45, 2.75) is 12.8 Å². The van der Waals surface area contributed by atoms with Crippen molar-refractivity contribution in [3.63, 3.8) is 0 Å². The quantitative estimate of drug-likeness (QED) is 0.309. The number of halogens is 1. The molecule has 146 valence electrons. The number of carbonyl (C=O) groups is 1. The number of hydrogen-bond donors (Lipinski definition) is 1. The minimum Gasteiger partial charge on any atom is -0.497 e. The van der Waals surface area contributed by atoms with Crippen molar-refractivity contribution in [3.05, 3.63) is 77.0 Å². The Morgan fingerprint density at radius 2 is 1.86 bits per heavy atom. The lowest BCUT2D eigenvalue weighted by Crippen LogP contribution is -2.10. The van der Waals surface area contributed by atoms with Gasteiger partial charge >= 0.3 is 5.97 Å². The molecule has 2 heterocycles. The van der Waals surface area contributed by atoms with Gasteiger partial charge in [0.15, 0.2) is 5.75 Å². The van der Waals surface area contributed by atoms with Crippen LogP contribution in [0.4, 0.5) is 0 Å². The number of nitrogens with zero attached hydrogens (tertiary/aromatic N) is 1. The van der Waals surface area contributed by atoms with Crippen LogP contribution >= 0.6 is 15.9 Å². The number of pyridine rings is 1. The summed E-state index contributed by atoms with van der Waals surface area (Å²) in [5, 5.41) is 1.11. The van der Waals surface area contributed by atoms with Crippen LogP contribution in [0.1, 0.15) is 12.0 Å². The van der Waals surface area contributed by atoms with Crippen LogP contribution in [0.25, 0.3) is 22.2 Å². The molecule has 0 spiro atoms. The fraction of sp³-hybridized carbons (Fsp3) is 0.130. The molecule has 4 rings (SSSR count). The SMILES string of the molecule is COc1ccc(-c2[nH]c3ccccc3c2CCC(=O)Oc2cccnc2Br)cc1. The summed E-state index contributed by atoms with van der Waals surface area (Å²) in [6.07, 6.45) is 2.45. The van der Waals surface area contributed by atoms with Crippen molar-refractivity contribution in [1.29, 1.82) is 0 Å². The number of H-pyrrole nitrogens is 1. The van der Waals surface area contributed by atoms with Crippen molar-refractivity contribution in [3.8, 4) is 22.8 Å². The number of hydrogen-bond acceptors (Lipinski definition) is 4. The third-order valence-electron chi connectivity index (χ3n) is 4.72. The molecule has 0 bridgehead atoms. The molecule has 0 aliphatic rings. The molecule has 6 heteroatoms. The number of carbonyl (C=O) groups excluding carboxylic acids is 1. The molecule has 0 unspecified atom stereocenters. The van der Waals surface area contributed by atoms with Gasteiger partial charge < -0.3 is 14.5 Å². The Hall–Kier alpha value is -3.12. The molecule has 0 fully saturated rings. The predicted molar refractivity (Wildman–Crippen MR) is 116 cm³/mol. The van der Waals surface area contributed by atoms with E-state index in [9.17, 15) is 4.79 Å². The molecule has 2 aromatic heterocycles. The highest BCUT2D eigenvalue weighted by Crippen LogP contribution is 2.32. The van der Waals surface area contributed by atoms with Crippen LogP contribution in [0.5, 0.6) is 11.5 Å². The normalized spacial score (nSPS) is 10.8. The Morgan fingerprint density at radius 1 is 1.07 bits per heavy atom. The maximum absolute atomic E-state index is 12.4. The number of esters is 1. The molecule has 29 heavy (non-hydrogen) atoms. The highest BCUT2D eigenvalue weighted by atomic mass is 79.9. The molecule has 0 atom stereocenters. The minimum absolute atomic E-state index is 0.256. The smallest absolute Gasteiger partial charge is 0.311 e. The number of aryl methyl sites for hydroxylation is 1. The number of para-hydroxylation sites is 1. The summed E-state index contributed by atoms with van der Waals surface area (Å²) in [7, 11) is 1.65. The van der Waals surface area contributed by atoms with Gasteiger partial charge in [0.25, 0.3) is 0 Å². The minimum atomic E-state index is -0.301. The first-order chi connectivity index (χ1) is 14.2. The number of fused-ring (bicyclic) bond motifs is 1. The number of aromatic nitrogens is 2. The molecule has 0 saturated carbocycles. The second-order valence-electron chi connectivity index (χ2n) is 6.52. The van der Waals surface area contributed by atoms with Crippen molar-refractivity contribution in [2.75, 3.05) is 7.11 Å². The van der Waals surface area contributed by atoms with Crippen LogP contribution in [0, 0.1) is 0 Å². The largest absolute Gasteiger partial charge is 0.497 e. The van der Waals surface area contributed by atoms with Crippen LogP contribution in [0.2, 0.25) is 0 Å². The van der Waals surface area contributed by atoms with Crippen LogP contribution in [0.15, 0.2) is 71.5 Å². The fourth-order valence-electron chi connectivity index (χ4n) is 3.31. The summed E-state index contributed by atoms with van der Waals surface area (Å²) in [5.74, 6) is 0.925. The first kappa shape index (κ1) is 19.2. The Bertz CT molecular complexity index is 1150. The first-order valence-corrected chi connectivity index (χ1v) is 10.00.